The molecular weight excluding hydrogens is 192 g/mol. The SMILES string of the molecule is c1ccc(COC2[C@@H]3CO[C@H]2CO3)cc1. The first-order valence-electron chi connectivity index (χ1n) is 5.32. The van der Waals surface area contributed by atoms with Gasteiger partial charge in [0.15, 0.2) is 0 Å². The van der Waals surface area contributed by atoms with E-state index in [0.717, 1.165) is 0 Å². The molecule has 1 aromatic rings. The highest BCUT2D eigenvalue weighted by Crippen LogP contribution is 2.28. The summed E-state index contributed by atoms with van der Waals surface area (Å²) >= 11 is 0. The fourth-order valence-electron chi connectivity index (χ4n) is 2.13. The number of hydrogen-bond acceptors (Lipinski definition) is 3. The van der Waals surface area contributed by atoms with Crippen LogP contribution < -0.4 is 0 Å². The largest absolute Gasteiger partial charge is 0.370 e. The maximum atomic E-state index is 5.83. The Labute approximate surface area is 89.0 Å². The van der Waals surface area contributed by atoms with E-state index in [1.165, 1.54) is 5.56 Å². The van der Waals surface area contributed by atoms with Crippen molar-refractivity contribution in [3.8, 4) is 0 Å². The van der Waals surface area contributed by atoms with Crippen molar-refractivity contribution in [3.05, 3.63) is 35.9 Å². The summed E-state index contributed by atoms with van der Waals surface area (Å²) in [6, 6.07) is 10.2. The van der Waals surface area contributed by atoms with E-state index in [9.17, 15) is 0 Å². The number of ether oxygens (including phenoxy) is 3. The van der Waals surface area contributed by atoms with Crippen molar-refractivity contribution in [3.63, 3.8) is 0 Å². The van der Waals surface area contributed by atoms with Gasteiger partial charge in [-0.15, -0.1) is 0 Å². The molecule has 0 aromatic heterocycles. The zero-order chi connectivity index (χ0) is 10.1. The summed E-state index contributed by atoms with van der Waals surface area (Å²) in [4.78, 5) is 0. The van der Waals surface area contributed by atoms with Gasteiger partial charge in [-0.2, -0.15) is 0 Å². The van der Waals surface area contributed by atoms with Gasteiger partial charge in [-0.3, -0.25) is 0 Å². The molecule has 3 rings (SSSR count). The molecule has 0 unspecified atom stereocenters. The van der Waals surface area contributed by atoms with Gasteiger partial charge in [0.2, 0.25) is 0 Å². The number of benzene rings is 1. The molecule has 2 saturated heterocycles. The Balaban J connectivity index is 1.59. The van der Waals surface area contributed by atoms with Gasteiger partial charge in [0.05, 0.1) is 19.8 Å². The van der Waals surface area contributed by atoms with Gasteiger partial charge in [0.25, 0.3) is 0 Å². The third-order valence-corrected chi connectivity index (χ3v) is 2.97. The van der Waals surface area contributed by atoms with Crippen LogP contribution in [0.2, 0.25) is 0 Å². The standard InChI is InChI=1S/C12H14O3/c1-2-4-9(5-3-1)6-15-12-10-7-13-11(12)8-14-10/h1-5,10-12H,6-8H2/t10-,11-/m0/s1. The molecule has 0 radical (unpaired) electrons. The molecule has 3 heteroatoms. The molecule has 2 heterocycles. The van der Waals surface area contributed by atoms with Gasteiger partial charge in [-0.25, -0.2) is 0 Å². The van der Waals surface area contributed by atoms with Crippen molar-refractivity contribution >= 4 is 0 Å². The van der Waals surface area contributed by atoms with Crippen molar-refractivity contribution in [1.82, 2.24) is 0 Å². The summed E-state index contributed by atoms with van der Waals surface area (Å²) in [6.45, 7) is 2.01. The van der Waals surface area contributed by atoms with Crippen molar-refractivity contribution in [2.75, 3.05) is 13.2 Å². The summed E-state index contributed by atoms with van der Waals surface area (Å²) in [5.41, 5.74) is 1.20. The van der Waals surface area contributed by atoms with Crippen LogP contribution in [0, 0.1) is 0 Å². The molecule has 2 aliphatic rings. The topological polar surface area (TPSA) is 27.7 Å². The van der Waals surface area contributed by atoms with Crippen LogP contribution >= 0.6 is 0 Å². The predicted molar refractivity (Wildman–Crippen MR) is 54.5 cm³/mol. The summed E-state index contributed by atoms with van der Waals surface area (Å²) < 4.78 is 16.8. The number of hydrogen-bond donors (Lipinski definition) is 0. The fraction of sp³-hybridized carbons (Fsp3) is 0.500. The maximum Gasteiger partial charge on any atom is 0.115 e. The van der Waals surface area contributed by atoms with Crippen molar-refractivity contribution in [1.29, 1.82) is 0 Å². The number of fused-ring (bicyclic) bond motifs is 2. The van der Waals surface area contributed by atoms with Crippen molar-refractivity contribution in [2.45, 2.75) is 24.9 Å². The first-order chi connectivity index (χ1) is 7.43. The summed E-state index contributed by atoms with van der Waals surface area (Å²) in [5, 5.41) is 0. The smallest absolute Gasteiger partial charge is 0.115 e. The van der Waals surface area contributed by atoms with E-state index in [-0.39, 0.29) is 18.3 Å². The van der Waals surface area contributed by atoms with Gasteiger partial charge < -0.3 is 14.2 Å². The van der Waals surface area contributed by atoms with E-state index in [0.29, 0.717) is 19.8 Å². The lowest BCUT2D eigenvalue weighted by Crippen LogP contribution is -2.26. The van der Waals surface area contributed by atoms with Crippen molar-refractivity contribution < 1.29 is 14.2 Å². The Morgan fingerprint density at radius 3 is 2.33 bits per heavy atom. The molecule has 2 atom stereocenters. The Bertz CT molecular complexity index is 305. The average Bonchev–Trinajstić information content (AvgIpc) is 2.87. The normalized spacial score (nSPS) is 33.5. The summed E-state index contributed by atoms with van der Waals surface area (Å²) in [7, 11) is 0. The van der Waals surface area contributed by atoms with Gasteiger partial charge in [0.1, 0.15) is 18.3 Å². The molecule has 0 aliphatic carbocycles. The van der Waals surface area contributed by atoms with Crippen LogP contribution in [-0.4, -0.2) is 31.5 Å². The molecule has 0 N–H and O–H groups in total. The Kier molecular flexibility index (Phi) is 2.44. The molecule has 2 bridgehead atoms. The molecule has 0 spiro atoms. The van der Waals surface area contributed by atoms with Crippen molar-refractivity contribution in [2.24, 2.45) is 0 Å². The Morgan fingerprint density at radius 2 is 1.73 bits per heavy atom. The van der Waals surface area contributed by atoms with Gasteiger partial charge >= 0.3 is 0 Å². The second-order valence-corrected chi connectivity index (χ2v) is 4.00. The second-order valence-electron chi connectivity index (χ2n) is 4.00. The second kappa shape index (κ2) is 3.93. The summed E-state index contributed by atoms with van der Waals surface area (Å²) in [5.74, 6) is 0. The molecule has 2 aliphatic heterocycles. The van der Waals surface area contributed by atoms with E-state index in [4.69, 9.17) is 14.2 Å². The first kappa shape index (κ1) is 9.33. The predicted octanol–water partition coefficient (Wildman–Crippen LogP) is 1.37. The molecule has 15 heavy (non-hydrogen) atoms. The molecule has 1 aromatic carbocycles. The minimum Gasteiger partial charge on any atom is -0.370 e. The van der Waals surface area contributed by atoms with Gasteiger partial charge in [0, 0.05) is 0 Å². The zero-order valence-electron chi connectivity index (χ0n) is 8.46. The first-order valence-corrected chi connectivity index (χ1v) is 5.32. The van der Waals surface area contributed by atoms with E-state index >= 15 is 0 Å². The number of rotatable bonds is 3. The third kappa shape index (κ3) is 1.78. The van der Waals surface area contributed by atoms with E-state index in [1.807, 2.05) is 18.2 Å². The fourth-order valence-corrected chi connectivity index (χ4v) is 2.13. The Hall–Kier alpha value is -0.900. The van der Waals surface area contributed by atoms with Crippen LogP contribution in [0.15, 0.2) is 30.3 Å². The average molecular weight is 206 g/mol. The summed E-state index contributed by atoms with van der Waals surface area (Å²) in [6.07, 6.45) is 0.433. The molecule has 2 fully saturated rings. The minimum absolute atomic E-state index is 0.130. The molecular formula is C12H14O3. The van der Waals surface area contributed by atoms with Crippen LogP contribution in [0.25, 0.3) is 0 Å². The zero-order valence-corrected chi connectivity index (χ0v) is 8.46. The lowest BCUT2D eigenvalue weighted by atomic mass is 10.2. The van der Waals surface area contributed by atoms with Crippen LogP contribution in [0.4, 0.5) is 0 Å². The molecule has 0 saturated carbocycles. The highest BCUT2D eigenvalue weighted by atomic mass is 16.6. The van der Waals surface area contributed by atoms with Crippen LogP contribution in [0.5, 0.6) is 0 Å². The monoisotopic (exact) mass is 206 g/mol. The van der Waals surface area contributed by atoms with E-state index in [2.05, 4.69) is 12.1 Å². The third-order valence-electron chi connectivity index (χ3n) is 2.97. The lowest BCUT2D eigenvalue weighted by molar-refractivity contribution is -0.0376. The molecule has 80 valence electrons. The quantitative estimate of drug-likeness (QED) is 0.747. The van der Waals surface area contributed by atoms with Crippen LogP contribution in [0.1, 0.15) is 5.56 Å². The van der Waals surface area contributed by atoms with Gasteiger partial charge in [-0.05, 0) is 5.56 Å². The maximum absolute atomic E-state index is 5.83. The highest BCUT2D eigenvalue weighted by molar-refractivity contribution is 5.13. The van der Waals surface area contributed by atoms with Crippen LogP contribution in [0.3, 0.4) is 0 Å². The van der Waals surface area contributed by atoms with Crippen LogP contribution in [-0.2, 0) is 20.8 Å². The molecule has 3 nitrogen and oxygen atoms in total. The highest BCUT2D eigenvalue weighted by Gasteiger charge is 2.45. The molecule has 0 amide bonds. The van der Waals surface area contributed by atoms with E-state index in [1.54, 1.807) is 0 Å². The Morgan fingerprint density at radius 1 is 1.07 bits per heavy atom. The van der Waals surface area contributed by atoms with Gasteiger partial charge in [-0.1, -0.05) is 30.3 Å². The minimum atomic E-state index is 0.130. The lowest BCUT2D eigenvalue weighted by Gasteiger charge is -2.12. The van der Waals surface area contributed by atoms with E-state index < -0.39 is 0 Å².